The number of carbonyl (C=O) groups is 1. The van der Waals surface area contributed by atoms with Gasteiger partial charge in [-0.2, -0.15) is 0 Å². The van der Waals surface area contributed by atoms with Crippen LogP contribution < -0.4 is 14.3 Å². The zero-order valence-electron chi connectivity index (χ0n) is 14.3. The lowest BCUT2D eigenvalue weighted by Gasteiger charge is -2.18. The Hall–Kier alpha value is -1.93. The fourth-order valence-corrected chi connectivity index (χ4v) is 4.52. The van der Waals surface area contributed by atoms with Gasteiger partial charge in [-0.3, -0.25) is 13.8 Å². The molecule has 3 aliphatic rings. The molecule has 2 atom stereocenters. The van der Waals surface area contributed by atoms with Crippen molar-refractivity contribution < 1.29 is 18.5 Å². The number of halogens is 1. The minimum absolute atomic E-state index is 0.197. The van der Waals surface area contributed by atoms with Gasteiger partial charge in [0.05, 0.1) is 0 Å². The van der Waals surface area contributed by atoms with E-state index in [1.54, 1.807) is 0 Å². The minimum Gasteiger partial charge on any atom is -0.506 e. The van der Waals surface area contributed by atoms with Gasteiger partial charge in [-0.05, 0) is 30.0 Å². The van der Waals surface area contributed by atoms with E-state index in [0.717, 1.165) is 28.6 Å². The molecule has 2 aliphatic heterocycles. The van der Waals surface area contributed by atoms with Crippen LogP contribution in [0, 0.1) is 11.7 Å². The van der Waals surface area contributed by atoms with Gasteiger partial charge < -0.3 is 10.4 Å². The number of nitrogens with one attached hydrogen (secondary N) is 2. The maximum absolute atomic E-state index is 15.1. The molecular weight excluding hydrogens is 357 g/mol. The van der Waals surface area contributed by atoms with Crippen LogP contribution in [-0.2, 0) is 16.0 Å². The van der Waals surface area contributed by atoms with Crippen LogP contribution in [0.4, 0.5) is 10.1 Å². The number of amides is 1. The van der Waals surface area contributed by atoms with Crippen molar-refractivity contribution in [2.75, 3.05) is 17.4 Å². The van der Waals surface area contributed by atoms with Crippen molar-refractivity contribution in [2.45, 2.75) is 38.1 Å². The number of anilines is 1. The summed E-state index contributed by atoms with van der Waals surface area (Å²) in [7, 11) is 0. The van der Waals surface area contributed by atoms with E-state index in [-0.39, 0.29) is 24.0 Å². The van der Waals surface area contributed by atoms with E-state index in [1.807, 2.05) is 6.08 Å². The zero-order valence-corrected chi connectivity index (χ0v) is 15.2. The molecule has 2 unspecified atom stereocenters. The van der Waals surface area contributed by atoms with Crippen molar-refractivity contribution in [2.24, 2.45) is 5.92 Å². The molecule has 26 heavy (non-hydrogen) atoms. The second-order valence-corrected chi connectivity index (χ2v) is 8.30. The second-order valence-electron chi connectivity index (χ2n) is 7.16. The van der Waals surface area contributed by atoms with Crippen LogP contribution in [0.2, 0.25) is 0 Å². The van der Waals surface area contributed by atoms with Gasteiger partial charge in [-0.15, -0.1) is 0 Å². The normalized spacial score (nSPS) is 25.5. The summed E-state index contributed by atoms with van der Waals surface area (Å²) in [6, 6.07) is 3.14. The molecule has 2 fully saturated rings. The van der Waals surface area contributed by atoms with Gasteiger partial charge in [0, 0.05) is 18.2 Å². The van der Waals surface area contributed by atoms with Crippen LogP contribution in [0.15, 0.2) is 18.2 Å². The number of phenolic OH excluding ortho intramolecular Hbond substituents is 1. The van der Waals surface area contributed by atoms with E-state index in [1.165, 1.54) is 31.4 Å². The molecule has 4 rings (SSSR count). The van der Waals surface area contributed by atoms with Gasteiger partial charge in [-0.1, -0.05) is 31.8 Å². The van der Waals surface area contributed by atoms with E-state index in [4.69, 9.17) is 0 Å². The summed E-state index contributed by atoms with van der Waals surface area (Å²) in [6.07, 6.45) is 8.21. The third kappa shape index (κ3) is 3.48. The quantitative estimate of drug-likeness (QED) is 0.706. The van der Waals surface area contributed by atoms with Crippen molar-refractivity contribution in [3.05, 3.63) is 29.6 Å². The van der Waals surface area contributed by atoms with Gasteiger partial charge in [-0.25, -0.2) is 8.60 Å². The van der Waals surface area contributed by atoms with E-state index in [0.29, 0.717) is 12.1 Å². The summed E-state index contributed by atoms with van der Waals surface area (Å²) in [5.74, 6) is -0.537. The summed E-state index contributed by atoms with van der Waals surface area (Å²) in [5.41, 5.74) is 0.994. The van der Waals surface area contributed by atoms with Crippen LogP contribution in [0.5, 0.6) is 5.75 Å². The average molecular weight is 379 g/mol. The van der Waals surface area contributed by atoms with Crippen LogP contribution in [-0.4, -0.2) is 34.4 Å². The monoisotopic (exact) mass is 379 g/mol. The highest BCUT2D eigenvalue weighted by molar-refractivity contribution is 7.85. The maximum Gasteiger partial charge on any atom is 0.253 e. The molecule has 3 N–H and O–H groups in total. The summed E-state index contributed by atoms with van der Waals surface area (Å²) < 4.78 is 30.3. The number of phenols is 1. The maximum atomic E-state index is 15.1. The number of rotatable bonds is 6. The molecule has 1 saturated heterocycles. The van der Waals surface area contributed by atoms with Gasteiger partial charge >= 0.3 is 0 Å². The van der Waals surface area contributed by atoms with Crippen molar-refractivity contribution in [1.82, 2.24) is 10.0 Å². The molecule has 1 aliphatic carbocycles. The molecule has 1 amide bonds. The van der Waals surface area contributed by atoms with E-state index in [9.17, 15) is 14.1 Å². The Morgan fingerprint density at radius 3 is 2.81 bits per heavy atom. The topological polar surface area (TPSA) is 81.7 Å². The summed E-state index contributed by atoms with van der Waals surface area (Å²) in [5, 5.41) is 13.4. The van der Waals surface area contributed by atoms with Crippen molar-refractivity contribution in [3.8, 4) is 5.75 Å². The Morgan fingerprint density at radius 1 is 1.31 bits per heavy atom. The lowest BCUT2D eigenvalue weighted by Crippen LogP contribution is -2.24. The van der Waals surface area contributed by atoms with Gasteiger partial charge in [0.25, 0.3) is 5.91 Å². The lowest BCUT2D eigenvalue weighted by atomic mass is 10.0. The first-order chi connectivity index (χ1) is 12.5. The Morgan fingerprint density at radius 2 is 2.12 bits per heavy atom. The smallest absolute Gasteiger partial charge is 0.253 e. The lowest BCUT2D eigenvalue weighted by molar-refractivity contribution is -0.117. The first-order valence-corrected chi connectivity index (χ1v) is 10.1. The highest BCUT2D eigenvalue weighted by Crippen LogP contribution is 2.38. The molecule has 1 aromatic carbocycles. The first kappa shape index (κ1) is 17.5. The molecule has 0 bridgehead atoms. The van der Waals surface area contributed by atoms with E-state index < -0.39 is 22.9 Å². The Balaban J connectivity index is 1.54. The SMILES string of the molecule is O=C1CN(c2c(O)ccc(C3=CC(CCCC4CC4)NC3)c2F)S(=O)N1. The molecule has 0 radical (unpaired) electrons. The molecule has 140 valence electrons. The Bertz CT molecular complexity index is 794. The minimum atomic E-state index is -1.88. The van der Waals surface area contributed by atoms with Gasteiger partial charge in [0.2, 0.25) is 11.2 Å². The third-order valence-electron chi connectivity index (χ3n) is 5.16. The number of aromatic hydroxyl groups is 1. The number of benzene rings is 1. The first-order valence-electron chi connectivity index (χ1n) is 8.97. The number of nitrogens with zero attached hydrogens (tertiary/aromatic N) is 1. The number of hydrogen-bond donors (Lipinski definition) is 3. The van der Waals surface area contributed by atoms with E-state index >= 15 is 4.39 Å². The molecule has 0 spiro atoms. The number of carbonyl (C=O) groups excluding carboxylic acids is 1. The highest BCUT2D eigenvalue weighted by atomic mass is 32.2. The summed E-state index contributed by atoms with van der Waals surface area (Å²) >= 11 is -1.88. The molecule has 8 heteroatoms. The van der Waals surface area contributed by atoms with Crippen LogP contribution in [0.3, 0.4) is 0 Å². The van der Waals surface area contributed by atoms with Crippen LogP contribution in [0.1, 0.15) is 37.7 Å². The van der Waals surface area contributed by atoms with Crippen molar-refractivity contribution in [1.29, 1.82) is 0 Å². The van der Waals surface area contributed by atoms with Crippen LogP contribution >= 0.6 is 0 Å². The predicted octanol–water partition coefficient (Wildman–Crippen LogP) is 1.98. The largest absolute Gasteiger partial charge is 0.506 e. The van der Waals surface area contributed by atoms with E-state index in [2.05, 4.69) is 10.0 Å². The third-order valence-corrected chi connectivity index (χ3v) is 6.27. The fraction of sp³-hybridized carbons (Fsp3) is 0.500. The molecule has 1 aromatic rings. The summed E-state index contributed by atoms with van der Waals surface area (Å²) in [4.78, 5) is 11.4. The fourth-order valence-electron chi connectivity index (χ4n) is 3.58. The van der Waals surface area contributed by atoms with Gasteiger partial charge in [0.1, 0.15) is 18.0 Å². The standard InChI is InChI=1S/C18H22FN3O3S/c19-17-14(12-8-13(20-9-12)3-1-2-11-4-5-11)6-7-15(23)18(17)22-10-16(24)21-26(22)25/h6-8,11,13,20,23H,1-5,9-10H2,(H,21,24). The number of hydrogen-bond acceptors (Lipinski definition) is 4. The second kappa shape index (κ2) is 7.00. The highest BCUT2D eigenvalue weighted by Gasteiger charge is 2.33. The predicted molar refractivity (Wildman–Crippen MR) is 98.0 cm³/mol. The molecule has 0 aromatic heterocycles. The zero-order chi connectivity index (χ0) is 18.3. The average Bonchev–Trinajstić information content (AvgIpc) is 3.20. The molecule has 6 nitrogen and oxygen atoms in total. The van der Waals surface area contributed by atoms with Crippen LogP contribution in [0.25, 0.3) is 5.57 Å². The summed E-state index contributed by atoms with van der Waals surface area (Å²) in [6.45, 7) is 0.303. The van der Waals surface area contributed by atoms with Crippen molar-refractivity contribution >= 4 is 28.3 Å². The van der Waals surface area contributed by atoms with Crippen molar-refractivity contribution in [3.63, 3.8) is 0 Å². The Kier molecular flexibility index (Phi) is 4.71. The molecule has 1 saturated carbocycles. The Labute approximate surface area is 154 Å². The molecule has 2 heterocycles. The molecular formula is C18H22FN3O3S. The van der Waals surface area contributed by atoms with Gasteiger partial charge in [0.15, 0.2) is 5.82 Å².